The van der Waals surface area contributed by atoms with Gasteiger partial charge >= 0.3 is 6.09 Å². The molecule has 2 N–H and O–H groups in total. The Balaban J connectivity index is 1.85. The minimum absolute atomic E-state index is 0.0879. The normalized spacial score (nSPS) is 15.2. The quantitative estimate of drug-likeness (QED) is 0.856. The van der Waals surface area contributed by atoms with Crippen molar-refractivity contribution in [3.8, 4) is 0 Å². The third-order valence-electron chi connectivity index (χ3n) is 3.05. The molecule has 0 saturated carbocycles. The van der Waals surface area contributed by atoms with Crippen LogP contribution in [-0.2, 0) is 4.74 Å². The number of anilines is 1. The van der Waals surface area contributed by atoms with Crippen LogP contribution in [0.15, 0.2) is 6.20 Å². The fourth-order valence-corrected chi connectivity index (χ4v) is 2.03. The summed E-state index contributed by atoms with van der Waals surface area (Å²) in [6.45, 7) is 3.61. The van der Waals surface area contributed by atoms with Crippen LogP contribution in [0.5, 0.6) is 0 Å². The van der Waals surface area contributed by atoms with E-state index in [1.807, 2.05) is 6.92 Å². The highest BCUT2D eigenvalue weighted by Gasteiger charge is 2.35. The van der Waals surface area contributed by atoms with Crippen molar-refractivity contribution >= 4 is 23.5 Å². The Kier molecular flexibility index (Phi) is 4.42. The van der Waals surface area contributed by atoms with Gasteiger partial charge < -0.3 is 15.4 Å². The third kappa shape index (κ3) is 3.26. The molecule has 7 heteroatoms. The fraction of sp³-hybridized carbons (Fsp3) is 0.583. The van der Waals surface area contributed by atoms with Gasteiger partial charge in [0.1, 0.15) is 11.0 Å². The molecule has 1 aromatic rings. The lowest BCUT2D eigenvalue weighted by Gasteiger charge is -2.38. The van der Waals surface area contributed by atoms with E-state index in [2.05, 4.69) is 9.97 Å². The minimum atomic E-state index is -0.279. The SMILES string of the molecule is CCCCOC(=O)N1CC(c2nc(Cl)cnc2N)C1. The zero-order valence-electron chi connectivity index (χ0n) is 10.8. The molecule has 1 aromatic heterocycles. The molecule has 104 valence electrons. The topological polar surface area (TPSA) is 81.3 Å². The second kappa shape index (κ2) is 6.06. The third-order valence-corrected chi connectivity index (χ3v) is 3.23. The largest absolute Gasteiger partial charge is 0.449 e. The van der Waals surface area contributed by atoms with Gasteiger partial charge in [0.2, 0.25) is 0 Å². The summed E-state index contributed by atoms with van der Waals surface area (Å²) in [6, 6.07) is 0. The van der Waals surface area contributed by atoms with Gasteiger partial charge in [0.25, 0.3) is 0 Å². The van der Waals surface area contributed by atoms with Crippen LogP contribution in [0, 0.1) is 0 Å². The lowest BCUT2D eigenvalue weighted by molar-refractivity contribution is 0.0700. The Morgan fingerprint density at radius 1 is 1.63 bits per heavy atom. The van der Waals surface area contributed by atoms with Gasteiger partial charge in [-0.3, -0.25) is 0 Å². The molecule has 0 aromatic carbocycles. The highest BCUT2D eigenvalue weighted by atomic mass is 35.5. The molecule has 2 rings (SSSR count). The molecule has 19 heavy (non-hydrogen) atoms. The number of ether oxygens (including phenoxy) is 1. The average molecular weight is 285 g/mol. The smallest absolute Gasteiger partial charge is 0.409 e. The van der Waals surface area contributed by atoms with E-state index in [-0.39, 0.29) is 12.0 Å². The fourth-order valence-electron chi connectivity index (χ4n) is 1.89. The number of halogens is 1. The van der Waals surface area contributed by atoms with Crippen molar-refractivity contribution in [3.63, 3.8) is 0 Å². The van der Waals surface area contributed by atoms with Gasteiger partial charge in [-0.25, -0.2) is 14.8 Å². The predicted octanol–water partition coefficient (Wildman–Crippen LogP) is 2.05. The number of nitrogens with zero attached hydrogens (tertiary/aromatic N) is 3. The number of hydrogen-bond donors (Lipinski definition) is 1. The number of likely N-dealkylation sites (tertiary alicyclic amines) is 1. The predicted molar refractivity (Wildman–Crippen MR) is 72.0 cm³/mol. The van der Waals surface area contributed by atoms with Gasteiger partial charge in [0.05, 0.1) is 18.5 Å². The van der Waals surface area contributed by atoms with Crippen LogP contribution in [0.3, 0.4) is 0 Å². The maximum atomic E-state index is 11.6. The molecule has 6 nitrogen and oxygen atoms in total. The molecule has 0 bridgehead atoms. The first-order valence-electron chi connectivity index (χ1n) is 6.31. The van der Waals surface area contributed by atoms with Gasteiger partial charge in [-0.2, -0.15) is 0 Å². The van der Waals surface area contributed by atoms with Crippen molar-refractivity contribution < 1.29 is 9.53 Å². The first-order valence-corrected chi connectivity index (χ1v) is 6.69. The summed E-state index contributed by atoms with van der Waals surface area (Å²) in [4.78, 5) is 21.4. The second-order valence-corrected chi connectivity index (χ2v) is 4.92. The van der Waals surface area contributed by atoms with Crippen LogP contribution in [-0.4, -0.2) is 40.7 Å². The Bertz CT molecular complexity index is 463. The van der Waals surface area contributed by atoms with Gasteiger partial charge in [-0.05, 0) is 6.42 Å². The van der Waals surface area contributed by atoms with Gasteiger partial charge in [0.15, 0.2) is 0 Å². The molecule has 1 fully saturated rings. The molecule has 1 saturated heterocycles. The van der Waals surface area contributed by atoms with Crippen LogP contribution in [0.1, 0.15) is 31.4 Å². The molecule has 0 atom stereocenters. The molecule has 2 heterocycles. The highest BCUT2D eigenvalue weighted by Crippen LogP contribution is 2.29. The Hall–Kier alpha value is -1.56. The van der Waals surface area contributed by atoms with E-state index < -0.39 is 0 Å². The number of carbonyl (C=O) groups excluding carboxylic acids is 1. The van der Waals surface area contributed by atoms with Crippen molar-refractivity contribution in [2.24, 2.45) is 0 Å². The average Bonchev–Trinajstić information content (AvgIpc) is 2.32. The molecule has 1 amide bonds. The highest BCUT2D eigenvalue weighted by molar-refractivity contribution is 6.29. The van der Waals surface area contributed by atoms with Crippen molar-refractivity contribution in [1.29, 1.82) is 0 Å². The first kappa shape index (κ1) is 13.9. The zero-order chi connectivity index (χ0) is 13.8. The summed E-state index contributed by atoms with van der Waals surface area (Å²) in [5, 5.41) is 0.313. The second-order valence-electron chi connectivity index (χ2n) is 4.53. The maximum Gasteiger partial charge on any atom is 0.409 e. The van der Waals surface area contributed by atoms with Crippen molar-refractivity contribution in [2.75, 3.05) is 25.4 Å². The lowest BCUT2D eigenvalue weighted by atomic mass is 9.96. The molecule has 0 spiro atoms. The van der Waals surface area contributed by atoms with E-state index in [4.69, 9.17) is 22.1 Å². The van der Waals surface area contributed by atoms with Gasteiger partial charge in [-0.15, -0.1) is 0 Å². The van der Waals surface area contributed by atoms with Crippen LogP contribution in [0.25, 0.3) is 0 Å². The number of aromatic nitrogens is 2. The Morgan fingerprint density at radius 3 is 3.05 bits per heavy atom. The van der Waals surface area contributed by atoms with E-state index in [1.165, 1.54) is 6.20 Å². The summed E-state index contributed by atoms with van der Waals surface area (Å²) in [6.07, 6.45) is 3.02. The summed E-state index contributed by atoms with van der Waals surface area (Å²) in [7, 11) is 0. The number of hydrogen-bond acceptors (Lipinski definition) is 5. The standard InChI is InChI=1S/C12H17ClN4O2/c1-2-3-4-19-12(18)17-6-8(7-17)10-11(14)15-5-9(13)16-10/h5,8H,2-4,6-7H2,1H3,(H2,14,15). The number of nitrogens with two attached hydrogens (primary N) is 1. The maximum absolute atomic E-state index is 11.6. The van der Waals surface area contributed by atoms with Crippen LogP contribution in [0.4, 0.5) is 10.6 Å². The summed E-state index contributed by atoms with van der Waals surface area (Å²) in [5.74, 6) is 0.457. The van der Waals surface area contributed by atoms with Gasteiger partial charge in [-0.1, -0.05) is 24.9 Å². The molecule has 1 aliphatic rings. The van der Waals surface area contributed by atoms with Crippen molar-refractivity contribution in [2.45, 2.75) is 25.7 Å². The minimum Gasteiger partial charge on any atom is -0.449 e. The number of amides is 1. The van der Waals surface area contributed by atoms with Crippen LogP contribution in [0.2, 0.25) is 5.15 Å². The van der Waals surface area contributed by atoms with Crippen molar-refractivity contribution in [3.05, 3.63) is 17.0 Å². The molecule has 0 aliphatic carbocycles. The van der Waals surface area contributed by atoms with E-state index >= 15 is 0 Å². The zero-order valence-corrected chi connectivity index (χ0v) is 11.6. The van der Waals surface area contributed by atoms with Crippen LogP contribution >= 0.6 is 11.6 Å². The van der Waals surface area contributed by atoms with E-state index in [9.17, 15) is 4.79 Å². The molecule has 0 radical (unpaired) electrons. The number of unbranched alkanes of at least 4 members (excludes halogenated alkanes) is 1. The number of rotatable bonds is 4. The summed E-state index contributed by atoms with van der Waals surface area (Å²) in [5.41, 5.74) is 6.41. The lowest BCUT2D eigenvalue weighted by Crippen LogP contribution is -2.49. The van der Waals surface area contributed by atoms with Crippen LogP contribution < -0.4 is 5.73 Å². The first-order chi connectivity index (χ1) is 9.11. The summed E-state index contributed by atoms with van der Waals surface area (Å²) < 4.78 is 5.12. The molecular weight excluding hydrogens is 268 g/mol. The summed E-state index contributed by atoms with van der Waals surface area (Å²) >= 11 is 5.79. The number of nitrogen functional groups attached to an aromatic ring is 1. The van der Waals surface area contributed by atoms with Crippen molar-refractivity contribution in [1.82, 2.24) is 14.9 Å². The van der Waals surface area contributed by atoms with E-state index in [1.54, 1.807) is 4.90 Å². The molecule has 0 unspecified atom stereocenters. The number of carbonyl (C=O) groups is 1. The van der Waals surface area contributed by atoms with Gasteiger partial charge in [0, 0.05) is 19.0 Å². The Labute approximate surface area is 116 Å². The van der Waals surface area contributed by atoms with E-state index in [0.717, 1.165) is 12.8 Å². The molecular formula is C12H17ClN4O2. The monoisotopic (exact) mass is 284 g/mol. The van der Waals surface area contributed by atoms with E-state index in [0.29, 0.717) is 36.4 Å². The molecule has 1 aliphatic heterocycles. The Morgan fingerprint density at radius 2 is 2.37 bits per heavy atom.